The van der Waals surface area contributed by atoms with Gasteiger partial charge in [0.2, 0.25) is 0 Å². The van der Waals surface area contributed by atoms with E-state index in [1.807, 2.05) is 11.0 Å². The number of rotatable bonds is 12. The second kappa shape index (κ2) is 12.6. The van der Waals surface area contributed by atoms with Crippen molar-refractivity contribution in [3.63, 3.8) is 0 Å². The molecule has 2 unspecified atom stereocenters. The maximum atomic E-state index is 9.43. The Morgan fingerprint density at radius 1 is 0.947 bits per heavy atom. The topological polar surface area (TPSA) is 84.2 Å². The van der Waals surface area contributed by atoms with Crippen molar-refractivity contribution in [2.45, 2.75) is 44.8 Å². The number of nitrogens with zero attached hydrogens (tertiary/aromatic N) is 1. The second-order valence-electron chi connectivity index (χ2n) is 4.86. The monoisotopic (exact) mass is 275 g/mol. The SMILES string of the molecule is CCCCC/C=C/CN(CC(O)CO)CC(O)CO. The quantitative estimate of drug-likeness (QED) is 0.301. The third kappa shape index (κ3) is 11.1. The van der Waals surface area contributed by atoms with Crippen LogP contribution in [0.1, 0.15) is 32.6 Å². The average molecular weight is 275 g/mol. The molecule has 0 bridgehead atoms. The van der Waals surface area contributed by atoms with Crippen LogP contribution in [0, 0.1) is 0 Å². The number of aliphatic hydroxyl groups is 4. The Kier molecular flexibility index (Phi) is 12.3. The van der Waals surface area contributed by atoms with Gasteiger partial charge in [0.15, 0.2) is 0 Å². The molecule has 0 rings (SSSR count). The smallest absolute Gasteiger partial charge is 0.0897 e. The van der Waals surface area contributed by atoms with Crippen molar-refractivity contribution in [2.24, 2.45) is 0 Å². The molecule has 0 aliphatic carbocycles. The Morgan fingerprint density at radius 3 is 2.00 bits per heavy atom. The zero-order valence-electron chi connectivity index (χ0n) is 11.9. The first-order valence-electron chi connectivity index (χ1n) is 7.09. The lowest BCUT2D eigenvalue weighted by Gasteiger charge is -2.24. The van der Waals surface area contributed by atoms with E-state index in [4.69, 9.17) is 10.2 Å². The summed E-state index contributed by atoms with van der Waals surface area (Å²) in [4.78, 5) is 1.82. The molecule has 0 aromatic heterocycles. The lowest BCUT2D eigenvalue weighted by molar-refractivity contribution is 0.0275. The molecule has 0 aliphatic heterocycles. The maximum Gasteiger partial charge on any atom is 0.0897 e. The molecule has 114 valence electrons. The third-order valence-corrected chi connectivity index (χ3v) is 2.86. The Bertz CT molecular complexity index is 211. The summed E-state index contributed by atoms with van der Waals surface area (Å²) >= 11 is 0. The first-order valence-corrected chi connectivity index (χ1v) is 7.09. The average Bonchev–Trinajstić information content (AvgIpc) is 2.41. The van der Waals surface area contributed by atoms with Gasteiger partial charge in [-0.3, -0.25) is 4.90 Å². The van der Waals surface area contributed by atoms with Crippen LogP contribution in [0.4, 0.5) is 0 Å². The van der Waals surface area contributed by atoms with Crippen molar-refractivity contribution in [1.29, 1.82) is 0 Å². The van der Waals surface area contributed by atoms with E-state index in [0.717, 1.165) is 6.42 Å². The van der Waals surface area contributed by atoms with Gasteiger partial charge in [0.1, 0.15) is 0 Å². The molecule has 0 spiro atoms. The van der Waals surface area contributed by atoms with E-state index in [-0.39, 0.29) is 26.3 Å². The molecule has 19 heavy (non-hydrogen) atoms. The number of unbranched alkanes of at least 4 members (excludes halogenated alkanes) is 3. The van der Waals surface area contributed by atoms with E-state index in [1.165, 1.54) is 19.3 Å². The molecular weight excluding hydrogens is 246 g/mol. The molecule has 0 aromatic carbocycles. The second-order valence-corrected chi connectivity index (χ2v) is 4.86. The Morgan fingerprint density at radius 2 is 1.53 bits per heavy atom. The number of hydrogen-bond acceptors (Lipinski definition) is 5. The minimum absolute atomic E-state index is 0.285. The van der Waals surface area contributed by atoms with Gasteiger partial charge in [0.25, 0.3) is 0 Å². The molecule has 0 fully saturated rings. The summed E-state index contributed by atoms with van der Waals surface area (Å²) in [5, 5.41) is 36.5. The lowest BCUT2D eigenvalue weighted by atomic mass is 10.2. The lowest BCUT2D eigenvalue weighted by Crippen LogP contribution is -2.40. The maximum absolute atomic E-state index is 9.43. The van der Waals surface area contributed by atoms with Crippen LogP contribution in [0.25, 0.3) is 0 Å². The molecule has 2 atom stereocenters. The molecule has 0 saturated heterocycles. The largest absolute Gasteiger partial charge is 0.394 e. The third-order valence-electron chi connectivity index (χ3n) is 2.86. The zero-order chi connectivity index (χ0) is 14.5. The van der Waals surface area contributed by atoms with Gasteiger partial charge in [-0.2, -0.15) is 0 Å². The van der Waals surface area contributed by atoms with Crippen LogP contribution in [-0.4, -0.2) is 70.4 Å². The van der Waals surface area contributed by atoms with E-state index in [9.17, 15) is 10.2 Å². The van der Waals surface area contributed by atoms with Crippen LogP contribution in [0.5, 0.6) is 0 Å². The zero-order valence-corrected chi connectivity index (χ0v) is 11.9. The highest BCUT2D eigenvalue weighted by Gasteiger charge is 2.13. The highest BCUT2D eigenvalue weighted by Crippen LogP contribution is 2.01. The van der Waals surface area contributed by atoms with Crippen molar-refractivity contribution >= 4 is 0 Å². The van der Waals surface area contributed by atoms with Crippen LogP contribution in [-0.2, 0) is 0 Å². The van der Waals surface area contributed by atoms with E-state index in [0.29, 0.717) is 6.54 Å². The molecule has 0 amide bonds. The molecule has 4 N–H and O–H groups in total. The fraction of sp³-hybridized carbons (Fsp3) is 0.857. The fourth-order valence-corrected chi connectivity index (χ4v) is 1.79. The van der Waals surface area contributed by atoms with Gasteiger partial charge in [-0.1, -0.05) is 31.9 Å². The summed E-state index contributed by atoms with van der Waals surface area (Å²) in [7, 11) is 0. The predicted octanol–water partition coefficient (Wildman–Crippen LogP) is 0.131. The molecule has 0 aliphatic rings. The fourth-order valence-electron chi connectivity index (χ4n) is 1.79. The number of hydrogen-bond donors (Lipinski definition) is 4. The summed E-state index contributed by atoms with van der Waals surface area (Å²) in [6.45, 7) is 2.73. The minimum atomic E-state index is -0.820. The number of aliphatic hydroxyl groups excluding tert-OH is 4. The minimum Gasteiger partial charge on any atom is -0.394 e. The summed E-state index contributed by atoms with van der Waals surface area (Å²) in [6, 6.07) is 0. The van der Waals surface area contributed by atoms with Crippen LogP contribution in [0.3, 0.4) is 0 Å². The van der Waals surface area contributed by atoms with Crippen LogP contribution >= 0.6 is 0 Å². The number of allylic oxidation sites excluding steroid dienone is 1. The van der Waals surface area contributed by atoms with E-state index >= 15 is 0 Å². The highest BCUT2D eigenvalue weighted by atomic mass is 16.3. The van der Waals surface area contributed by atoms with Crippen molar-refractivity contribution in [1.82, 2.24) is 4.90 Å². The van der Waals surface area contributed by atoms with Crippen molar-refractivity contribution in [3.8, 4) is 0 Å². The van der Waals surface area contributed by atoms with Crippen molar-refractivity contribution < 1.29 is 20.4 Å². The van der Waals surface area contributed by atoms with E-state index in [1.54, 1.807) is 0 Å². The van der Waals surface area contributed by atoms with Gasteiger partial charge in [-0.05, 0) is 12.8 Å². The first-order chi connectivity index (χ1) is 9.13. The normalized spacial score (nSPS) is 15.3. The Labute approximate surface area is 116 Å². The van der Waals surface area contributed by atoms with Gasteiger partial charge in [0, 0.05) is 19.6 Å². The summed E-state index contributed by atoms with van der Waals surface area (Å²) < 4.78 is 0. The predicted molar refractivity (Wildman–Crippen MR) is 75.9 cm³/mol. The molecule has 5 nitrogen and oxygen atoms in total. The summed E-state index contributed by atoms with van der Waals surface area (Å²) in [5.41, 5.74) is 0. The van der Waals surface area contributed by atoms with Crippen molar-refractivity contribution in [2.75, 3.05) is 32.8 Å². The van der Waals surface area contributed by atoms with Crippen LogP contribution in [0.15, 0.2) is 12.2 Å². The van der Waals surface area contributed by atoms with Gasteiger partial charge < -0.3 is 20.4 Å². The highest BCUT2D eigenvalue weighted by molar-refractivity contribution is 4.86. The van der Waals surface area contributed by atoms with Gasteiger partial charge in [-0.25, -0.2) is 0 Å². The molecule has 5 heteroatoms. The van der Waals surface area contributed by atoms with Crippen LogP contribution < -0.4 is 0 Å². The molecule has 0 heterocycles. The standard InChI is InChI=1S/C14H29NO4/c1-2-3-4-5-6-7-8-15(9-13(18)11-16)10-14(19)12-17/h6-7,13-14,16-19H,2-5,8-12H2,1H3/b7-6+. The van der Waals surface area contributed by atoms with Gasteiger partial charge in [0.05, 0.1) is 25.4 Å². The van der Waals surface area contributed by atoms with Crippen molar-refractivity contribution in [3.05, 3.63) is 12.2 Å². The molecule has 0 aromatic rings. The molecule has 0 radical (unpaired) electrons. The van der Waals surface area contributed by atoms with E-state index in [2.05, 4.69) is 13.0 Å². The first kappa shape index (κ1) is 18.5. The van der Waals surface area contributed by atoms with Crippen LogP contribution in [0.2, 0.25) is 0 Å². The molecule has 0 saturated carbocycles. The molecular formula is C14H29NO4. The summed E-state index contributed by atoms with van der Waals surface area (Å²) in [6.07, 6.45) is 7.09. The van der Waals surface area contributed by atoms with E-state index < -0.39 is 12.2 Å². The summed E-state index contributed by atoms with van der Waals surface area (Å²) in [5.74, 6) is 0. The Hall–Kier alpha value is -0.460. The van der Waals surface area contributed by atoms with Gasteiger partial charge in [-0.15, -0.1) is 0 Å². The Balaban J connectivity index is 4.03. The van der Waals surface area contributed by atoms with Gasteiger partial charge >= 0.3 is 0 Å².